The van der Waals surface area contributed by atoms with Crippen molar-refractivity contribution in [2.45, 2.75) is 19.4 Å². The minimum Gasteiger partial charge on any atom is -0.312 e. The second-order valence-corrected chi connectivity index (χ2v) is 5.56. The average Bonchev–Trinajstić information content (AvgIpc) is 2.77. The lowest BCUT2D eigenvalue weighted by Crippen LogP contribution is -2.17. The van der Waals surface area contributed by atoms with E-state index in [9.17, 15) is 8.78 Å². The fourth-order valence-corrected chi connectivity index (χ4v) is 2.88. The topological polar surface area (TPSA) is 12.0 Å². The molecule has 0 aliphatic carbocycles. The molecule has 1 aromatic carbocycles. The smallest absolute Gasteiger partial charge is 0.159 e. The Kier molecular flexibility index (Phi) is 4.09. The summed E-state index contributed by atoms with van der Waals surface area (Å²) in [6.07, 6.45) is 0.646. The van der Waals surface area contributed by atoms with E-state index in [1.165, 1.54) is 21.9 Å². The van der Waals surface area contributed by atoms with Gasteiger partial charge in [-0.15, -0.1) is 11.3 Å². The van der Waals surface area contributed by atoms with Crippen molar-refractivity contribution in [2.24, 2.45) is 0 Å². The maximum atomic E-state index is 13.1. The fourth-order valence-electron chi connectivity index (χ4n) is 1.89. The van der Waals surface area contributed by atoms with Gasteiger partial charge in [0.05, 0.1) is 0 Å². The molecule has 1 aromatic heterocycles. The van der Waals surface area contributed by atoms with E-state index in [0.29, 0.717) is 6.42 Å². The van der Waals surface area contributed by atoms with Gasteiger partial charge in [-0.3, -0.25) is 0 Å². The van der Waals surface area contributed by atoms with Gasteiger partial charge in [-0.2, -0.15) is 0 Å². The summed E-state index contributed by atoms with van der Waals surface area (Å²) in [5, 5.41) is 3.21. The lowest BCUT2D eigenvalue weighted by molar-refractivity contribution is 0.505. The fraction of sp³-hybridized carbons (Fsp3) is 0.286. The highest BCUT2D eigenvalue weighted by Gasteiger charge is 2.13. The normalized spacial score (nSPS) is 12.7. The number of nitrogens with one attached hydrogen (secondary N) is 1. The van der Waals surface area contributed by atoms with Crippen molar-refractivity contribution in [3.05, 3.63) is 57.3 Å². The van der Waals surface area contributed by atoms with Crippen LogP contribution in [0.1, 0.15) is 21.4 Å². The third kappa shape index (κ3) is 2.94. The first-order chi connectivity index (χ1) is 8.60. The Hall–Kier alpha value is -1.26. The Morgan fingerprint density at radius 2 is 1.94 bits per heavy atom. The van der Waals surface area contributed by atoms with Crippen molar-refractivity contribution >= 4 is 11.3 Å². The Labute approximate surface area is 109 Å². The van der Waals surface area contributed by atoms with Gasteiger partial charge in [-0.1, -0.05) is 6.07 Å². The largest absolute Gasteiger partial charge is 0.312 e. The lowest BCUT2D eigenvalue weighted by Gasteiger charge is -2.14. The van der Waals surface area contributed by atoms with Crippen LogP contribution in [0.5, 0.6) is 0 Å². The van der Waals surface area contributed by atoms with Crippen LogP contribution in [0.25, 0.3) is 0 Å². The van der Waals surface area contributed by atoms with Gasteiger partial charge < -0.3 is 5.32 Å². The van der Waals surface area contributed by atoms with Crippen molar-refractivity contribution < 1.29 is 8.78 Å². The van der Waals surface area contributed by atoms with E-state index in [1.807, 2.05) is 7.05 Å². The first-order valence-electron chi connectivity index (χ1n) is 5.77. The summed E-state index contributed by atoms with van der Waals surface area (Å²) in [7, 11) is 1.87. The van der Waals surface area contributed by atoms with Gasteiger partial charge in [0.15, 0.2) is 11.6 Å². The van der Waals surface area contributed by atoms with Crippen LogP contribution in [0, 0.1) is 18.6 Å². The number of likely N-dealkylation sites (N-methyl/N-ethyl adjacent to an activating group) is 1. The molecule has 0 aliphatic heterocycles. The van der Waals surface area contributed by atoms with Crippen LogP contribution in [-0.4, -0.2) is 7.05 Å². The van der Waals surface area contributed by atoms with Gasteiger partial charge in [0.25, 0.3) is 0 Å². The highest BCUT2D eigenvalue weighted by atomic mass is 32.1. The molecule has 4 heteroatoms. The molecule has 0 fully saturated rings. The van der Waals surface area contributed by atoms with E-state index in [-0.39, 0.29) is 6.04 Å². The summed E-state index contributed by atoms with van der Waals surface area (Å²) in [4.78, 5) is 2.45. The van der Waals surface area contributed by atoms with Crippen molar-refractivity contribution in [3.8, 4) is 0 Å². The summed E-state index contributed by atoms with van der Waals surface area (Å²) in [6.45, 7) is 2.05. The SMILES string of the molecule is CNC(Cc1ccc(F)c(F)c1)c1ccc(C)s1. The quantitative estimate of drug-likeness (QED) is 0.887. The van der Waals surface area contributed by atoms with Crippen LogP contribution in [0.15, 0.2) is 30.3 Å². The molecule has 0 saturated carbocycles. The van der Waals surface area contributed by atoms with Crippen LogP contribution < -0.4 is 5.32 Å². The van der Waals surface area contributed by atoms with Crippen molar-refractivity contribution in [2.75, 3.05) is 7.05 Å². The summed E-state index contributed by atoms with van der Waals surface area (Å²) in [5.41, 5.74) is 0.791. The highest BCUT2D eigenvalue weighted by Crippen LogP contribution is 2.25. The molecule has 2 rings (SSSR count). The lowest BCUT2D eigenvalue weighted by atomic mass is 10.0. The number of benzene rings is 1. The molecular formula is C14H15F2NS. The Morgan fingerprint density at radius 3 is 2.50 bits per heavy atom. The third-order valence-electron chi connectivity index (χ3n) is 2.88. The van der Waals surface area contributed by atoms with E-state index in [4.69, 9.17) is 0 Å². The second kappa shape index (κ2) is 5.59. The monoisotopic (exact) mass is 267 g/mol. The molecule has 2 aromatic rings. The van der Waals surface area contributed by atoms with Gasteiger partial charge in [0.2, 0.25) is 0 Å². The van der Waals surface area contributed by atoms with Crippen LogP contribution in [0.2, 0.25) is 0 Å². The number of rotatable bonds is 4. The van der Waals surface area contributed by atoms with Crippen LogP contribution >= 0.6 is 11.3 Å². The first-order valence-corrected chi connectivity index (χ1v) is 6.59. The number of hydrogen-bond acceptors (Lipinski definition) is 2. The number of halogens is 2. The predicted octanol–water partition coefficient (Wildman–Crippen LogP) is 3.84. The number of thiophene rings is 1. The van der Waals surface area contributed by atoms with E-state index < -0.39 is 11.6 Å². The van der Waals surface area contributed by atoms with Gasteiger partial charge in [0.1, 0.15) is 0 Å². The molecule has 0 amide bonds. The van der Waals surface area contributed by atoms with Crippen LogP contribution in [-0.2, 0) is 6.42 Å². The first kappa shape index (κ1) is 13.2. The molecule has 1 atom stereocenters. The van der Waals surface area contributed by atoms with Gasteiger partial charge in [-0.05, 0) is 50.2 Å². The van der Waals surface area contributed by atoms with Crippen LogP contribution in [0.3, 0.4) is 0 Å². The van der Waals surface area contributed by atoms with E-state index >= 15 is 0 Å². The number of aryl methyl sites for hydroxylation is 1. The van der Waals surface area contributed by atoms with Gasteiger partial charge >= 0.3 is 0 Å². The molecule has 1 N–H and O–H groups in total. The molecular weight excluding hydrogens is 252 g/mol. The average molecular weight is 267 g/mol. The zero-order chi connectivity index (χ0) is 13.1. The molecule has 1 nitrogen and oxygen atoms in total. The molecule has 0 radical (unpaired) electrons. The van der Waals surface area contributed by atoms with Gasteiger partial charge in [-0.25, -0.2) is 8.78 Å². The maximum absolute atomic E-state index is 13.1. The Balaban J connectivity index is 2.17. The standard InChI is InChI=1S/C14H15F2NS/c1-9-3-6-14(18-9)13(17-2)8-10-4-5-11(15)12(16)7-10/h3-7,13,17H,8H2,1-2H3. The van der Waals surface area contributed by atoms with E-state index in [0.717, 1.165) is 5.56 Å². The van der Waals surface area contributed by atoms with E-state index in [2.05, 4.69) is 24.4 Å². The van der Waals surface area contributed by atoms with Gasteiger partial charge in [0, 0.05) is 15.8 Å². The predicted molar refractivity (Wildman–Crippen MR) is 70.9 cm³/mol. The highest BCUT2D eigenvalue weighted by molar-refractivity contribution is 7.12. The molecule has 18 heavy (non-hydrogen) atoms. The zero-order valence-electron chi connectivity index (χ0n) is 10.3. The maximum Gasteiger partial charge on any atom is 0.159 e. The zero-order valence-corrected chi connectivity index (χ0v) is 11.2. The summed E-state index contributed by atoms with van der Waals surface area (Å²) >= 11 is 1.72. The summed E-state index contributed by atoms with van der Waals surface area (Å²) < 4.78 is 26.0. The molecule has 0 bridgehead atoms. The molecule has 0 aliphatic rings. The molecule has 0 saturated heterocycles. The minimum atomic E-state index is -0.799. The second-order valence-electron chi connectivity index (χ2n) is 4.24. The Morgan fingerprint density at radius 1 is 1.17 bits per heavy atom. The third-order valence-corrected chi connectivity index (χ3v) is 3.99. The molecule has 96 valence electrons. The van der Waals surface area contributed by atoms with Crippen LogP contribution in [0.4, 0.5) is 8.78 Å². The molecule has 1 heterocycles. The van der Waals surface area contributed by atoms with Crippen molar-refractivity contribution in [1.82, 2.24) is 5.32 Å². The molecule has 0 spiro atoms. The minimum absolute atomic E-state index is 0.133. The summed E-state index contributed by atoms with van der Waals surface area (Å²) in [5.74, 6) is -1.59. The van der Waals surface area contributed by atoms with E-state index in [1.54, 1.807) is 17.4 Å². The molecule has 1 unspecified atom stereocenters. The Bertz CT molecular complexity index is 536. The summed E-state index contributed by atoms with van der Waals surface area (Å²) in [6, 6.07) is 8.34. The van der Waals surface area contributed by atoms with Crippen molar-refractivity contribution in [3.63, 3.8) is 0 Å². The number of hydrogen-bond donors (Lipinski definition) is 1. The van der Waals surface area contributed by atoms with Crippen molar-refractivity contribution in [1.29, 1.82) is 0 Å².